The standard InChI is InChI=1S/C15H25N7/c1-10(2)12(22-6-4-5-7-22)9-17-15-19-13(16)11-8-18-21(3)14(11)20-15/h8,10,12H,4-7,9H2,1-3H3,(H3,16,17,19,20). The lowest BCUT2D eigenvalue weighted by molar-refractivity contribution is 0.201. The van der Waals surface area contributed by atoms with Crippen molar-refractivity contribution in [3.05, 3.63) is 6.20 Å². The number of nitrogens with two attached hydrogens (primary N) is 1. The van der Waals surface area contributed by atoms with E-state index in [1.54, 1.807) is 10.9 Å². The van der Waals surface area contributed by atoms with Crippen LogP contribution in [0.15, 0.2) is 6.20 Å². The third kappa shape index (κ3) is 2.85. The Labute approximate surface area is 130 Å². The number of rotatable bonds is 5. The van der Waals surface area contributed by atoms with Crippen molar-refractivity contribution in [2.75, 3.05) is 30.7 Å². The second kappa shape index (κ2) is 6.08. The summed E-state index contributed by atoms with van der Waals surface area (Å²) in [5.74, 6) is 1.64. The van der Waals surface area contributed by atoms with E-state index in [1.807, 2.05) is 7.05 Å². The molecule has 1 fully saturated rings. The monoisotopic (exact) mass is 303 g/mol. The molecule has 0 amide bonds. The number of hydrogen-bond donors (Lipinski definition) is 2. The van der Waals surface area contributed by atoms with Crippen LogP contribution in [0.5, 0.6) is 0 Å². The zero-order valence-corrected chi connectivity index (χ0v) is 13.6. The molecule has 2 aromatic heterocycles. The van der Waals surface area contributed by atoms with Crippen molar-refractivity contribution in [2.45, 2.75) is 32.7 Å². The number of fused-ring (bicyclic) bond motifs is 1. The van der Waals surface area contributed by atoms with Crippen molar-refractivity contribution >= 4 is 22.8 Å². The summed E-state index contributed by atoms with van der Waals surface area (Å²) < 4.78 is 1.72. The molecule has 0 bridgehead atoms. The molecule has 7 heteroatoms. The number of likely N-dealkylation sites (tertiary alicyclic amines) is 1. The molecule has 3 N–H and O–H groups in total. The molecule has 0 aromatic carbocycles. The maximum Gasteiger partial charge on any atom is 0.226 e. The van der Waals surface area contributed by atoms with Crippen LogP contribution in [0.3, 0.4) is 0 Å². The number of nitrogens with zero attached hydrogens (tertiary/aromatic N) is 5. The molecule has 0 radical (unpaired) electrons. The Hall–Kier alpha value is -1.89. The van der Waals surface area contributed by atoms with Gasteiger partial charge in [-0.05, 0) is 31.8 Å². The van der Waals surface area contributed by atoms with Crippen LogP contribution in [0.4, 0.5) is 11.8 Å². The Morgan fingerprint density at radius 3 is 2.68 bits per heavy atom. The minimum Gasteiger partial charge on any atom is -0.383 e. The van der Waals surface area contributed by atoms with E-state index in [0.29, 0.717) is 23.7 Å². The van der Waals surface area contributed by atoms with E-state index in [-0.39, 0.29) is 0 Å². The van der Waals surface area contributed by atoms with Crippen LogP contribution < -0.4 is 11.1 Å². The van der Waals surface area contributed by atoms with Gasteiger partial charge in [0.05, 0.1) is 11.6 Å². The lowest BCUT2D eigenvalue weighted by atomic mass is 10.0. The summed E-state index contributed by atoms with van der Waals surface area (Å²) in [6.07, 6.45) is 4.30. The van der Waals surface area contributed by atoms with Gasteiger partial charge >= 0.3 is 0 Å². The summed E-state index contributed by atoms with van der Waals surface area (Å²) >= 11 is 0. The van der Waals surface area contributed by atoms with Crippen LogP contribution in [0.2, 0.25) is 0 Å². The predicted octanol–water partition coefficient (Wildman–Crippen LogP) is 1.48. The second-order valence-electron chi connectivity index (χ2n) is 6.37. The summed E-state index contributed by atoms with van der Waals surface area (Å²) in [7, 11) is 1.86. The molecule has 2 aromatic rings. The molecule has 7 nitrogen and oxygen atoms in total. The molecular formula is C15H25N7. The summed E-state index contributed by atoms with van der Waals surface area (Å²) in [4.78, 5) is 11.4. The van der Waals surface area contributed by atoms with Crippen LogP contribution in [0.25, 0.3) is 11.0 Å². The van der Waals surface area contributed by atoms with Crippen molar-refractivity contribution in [1.82, 2.24) is 24.6 Å². The number of anilines is 2. The zero-order chi connectivity index (χ0) is 15.7. The fourth-order valence-corrected chi connectivity index (χ4v) is 3.18. The number of hydrogen-bond acceptors (Lipinski definition) is 6. The van der Waals surface area contributed by atoms with Gasteiger partial charge in [-0.2, -0.15) is 15.1 Å². The van der Waals surface area contributed by atoms with E-state index >= 15 is 0 Å². The van der Waals surface area contributed by atoms with Gasteiger partial charge in [-0.25, -0.2) is 0 Å². The van der Waals surface area contributed by atoms with Crippen molar-refractivity contribution in [2.24, 2.45) is 13.0 Å². The minimum absolute atomic E-state index is 0.475. The normalized spacial score (nSPS) is 17.5. The number of aromatic nitrogens is 4. The minimum atomic E-state index is 0.475. The average Bonchev–Trinajstić information content (AvgIpc) is 3.10. The Bertz CT molecular complexity index is 643. The molecule has 1 atom stereocenters. The molecule has 1 saturated heterocycles. The molecule has 1 aliphatic rings. The van der Waals surface area contributed by atoms with E-state index in [9.17, 15) is 0 Å². The highest BCUT2D eigenvalue weighted by atomic mass is 15.3. The topological polar surface area (TPSA) is 84.9 Å². The summed E-state index contributed by atoms with van der Waals surface area (Å²) in [5.41, 5.74) is 6.77. The molecule has 0 aliphatic carbocycles. The first-order chi connectivity index (χ1) is 10.6. The molecule has 3 rings (SSSR count). The van der Waals surface area contributed by atoms with Gasteiger partial charge in [-0.15, -0.1) is 0 Å². The molecule has 0 spiro atoms. The highest BCUT2D eigenvalue weighted by Crippen LogP contribution is 2.20. The molecule has 3 heterocycles. The Morgan fingerprint density at radius 1 is 1.27 bits per heavy atom. The number of aryl methyl sites for hydroxylation is 1. The highest BCUT2D eigenvalue weighted by Gasteiger charge is 2.24. The van der Waals surface area contributed by atoms with Gasteiger partial charge < -0.3 is 11.1 Å². The van der Waals surface area contributed by atoms with Crippen molar-refractivity contribution < 1.29 is 0 Å². The first-order valence-corrected chi connectivity index (χ1v) is 7.99. The molecule has 22 heavy (non-hydrogen) atoms. The van der Waals surface area contributed by atoms with Crippen molar-refractivity contribution in [3.8, 4) is 0 Å². The average molecular weight is 303 g/mol. The van der Waals surface area contributed by atoms with E-state index in [1.165, 1.54) is 25.9 Å². The highest BCUT2D eigenvalue weighted by molar-refractivity contribution is 5.86. The van der Waals surface area contributed by atoms with Crippen LogP contribution in [-0.4, -0.2) is 50.3 Å². The molecule has 120 valence electrons. The number of nitrogen functional groups attached to an aromatic ring is 1. The molecule has 1 unspecified atom stereocenters. The Kier molecular flexibility index (Phi) is 4.15. The van der Waals surface area contributed by atoms with E-state index in [0.717, 1.165) is 17.6 Å². The Balaban J connectivity index is 1.75. The summed E-state index contributed by atoms with van der Waals surface area (Å²) in [5, 5.41) is 8.35. The first kappa shape index (κ1) is 15.0. The third-order valence-electron chi connectivity index (χ3n) is 4.47. The largest absolute Gasteiger partial charge is 0.383 e. The van der Waals surface area contributed by atoms with Gasteiger partial charge in [0.1, 0.15) is 5.82 Å². The quantitative estimate of drug-likeness (QED) is 0.870. The van der Waals surface area contributed by atoms with Gasteiger partial charge in [-0.3, -0.25) is 9.58 Å². The smallest absolute Gasteiger partial charge is 0.226 e. The third-order valence-corrected chi connectivity index (χ3v) is 4.47. The van der Waals surface area contributed by atoms with Crippen LogP contribution in [0, 0.1) is 5.92 Å². The number of nitrogens with one attached hydrogen (secondary N) is 1. The molecular weight excluding hydrogens is 278 g/mol. The van der Waals surface area contributed by atoms with Crippen LogP contribution in [0.1, 0.15) is 26.7 Å². The Morgan fingerprint density at radius 2 is 2.00 bits per heavy atom. The SMILES string of the molecule is CC(C)C(CNc1nc(N)c2cnn(C)c2n1)N1CCCC1. The lowest BCUT2D eigenvalue weighted by Gasteiger charge is -2.31. The summed E-state index contributed by atoms with van der Waals surface area (Å²) in [6.45, 7) is 7.75. The van der Waals surface area contributed by atoms with E-state index in [2.05, 4.69) is 39.1 Å². The fraction of sp³-hybridized carbons (Fsp3) is 0.667. The van der Waals surface area contributed by atoms with Gasteiger partial charge in [0, 0.05) is 19.6 Å². The maximum absolute atomic E-state index is 6.00. The first-order valence-electron chi connectivity index (χ1n) is 7.99. The lowest BCUT2D eigenvalue weighted by Crippen LogP contribution is -2.42. The second-order valence-corrected chi connectivity index (χ2v) is 6.37. The van der Waals surface area contributed by atoms with Gasteiger partial charge in [0.2, 0.25) is 5.95 Å². The van der Waals surface area contributed by atoms with Gasteiger partial charge in [0.25, 0.3) is 0 Å². The van der Waals surface area contributed by atoms with Crippen molar-refractivity contribution in [1.29, 1.82) is 0 Å². The van der Waals surface area contributed by atoms with Gasteiger partial charge in [-0.1, -0.05) is 13.8 Å². The van der Waals surface area contributed by atoms with E-state index in [4.69, 9.17) is 5.73 Å². The van der Waals surface area contributed by atoms with Gasteiger partial charge in [0.15, 0.2) is 5.65 Å². The van der Waals surface area contributed by atoms with Crippen LogP contribution >= 0.6 is 0 Å². The van der Waals surface area contributed by atoms with Crippen molar-refractivity contribution in [3.63, 3.8) is 0 Å². The molecule has 0 saturated carbocycles. The van der Waals surface area contributed by atoms with E-state index < -0.39 is 0 Å². The molecule has 1 aliphatic heterocycles. The summed E-state index contributed by atoms with van der Waals surface area (Å²) in [6, 6.07) is 0.495. The van der Waals surface area contributed by atoms with Crippen LogP contribution in [-0.2, 0) is 7.05 Å². The zero-order valence-electron chi connectivity index (χ0n) is 13.6. The maximum atomic E-state index is 6.00. The predicted molar refractivity (Wildman–Crippen MR) is 88.6 cm³/mol. The fourth-order valence-electron chi connectivity index (χ4n) is 3.18.